The molecule has 96 valence electrons. The topological polar surface area (TPSA) is 47.6 Å². The Hall–Kier alpha value is -0.610. The molecule has 17 heavy (non-hydrogen) atoms. The Bertz CT molecular complexity index is 301. The Morgan fingerprint density at radius 2 is 1.88 bits per heavy atom. The lowest BCUT2D eigenvalue weighted by Gasteiger charge is -2.29. The minimum absolute atomic E-state index is 0.0839. The first kappa shape index (κ1) is 11.5. The second kappa shape index (κ2) is 4.58. The van der Waals surface area contributed by atoms with E-state index in [1.165, 1.54) is 32.8 Å². The zero-order valence-corrected chi connectivity index (χ0v) is 10.4. The molecule has 2 aliphatic heterocycles. The van der Waals surface area contributed by atoms with Crippen LogP contribution in [0.1, 0.15) is 38.5 Å². The van der Waals surface area contributed by atoms with Gasteiger partial charge in [0.15, 0.2) is 0 Å². The molecule has 2 heterocycles. The van der Waals surface area contributed by atoms with Crippen LogP contribution in [0.25, 0.3) is 0 Å². The molecule has 0 aromatic rings. The molecule has 0 spiro atoms. The summed E-state index contributed by atoms with van der Waals surface area (Å²) in [5, 5.41) is 3.65. The number of carbonyl (C=O) groups is 1. The number of hydrogen-bond acceptors (Lipinski definition) is 4. The van der Waals surface area contributed by atoms with Crippen molar-refractivity contribution in [1.29, 1.82) is 0 Å². The highest BCUT2D eigenvalue weighted by molar-refractivity contribution is 5.74. The summed E-state index contributed by atoms with van der Waals surface area (Å²) >= 11 is 0. The quantitative estimate of drug-likeness (QED) is 0.753. The maximum Gasteiger partial charge on any atom is 0.313 e. The van der Waals surface area contributed by atoms with Gasteiger partial charge in [-0.15, -0.1) is 0 Å². The molecule has 2 bridgehead atoms. The fraction of sp³-hybridized carbons (Fsp3) is 0.923. The Kier molecular flexibility index (Phi) is 3.09. The fourth-order valence-electron chi connectivity index (χ4n) is 3.69. The van der Waals surface area contributed by atoms with Crippen LogP contribution in [-0.2, 0) is 14.3 Å². The second-order valence-electron chi connectivity index (χ2n) is 5.51. The minimum atomic E-state index is -0.104. The van der Waals surface area contributed by atoms with E-state index in [1.54, 1.807) is 0 Å². The number of hydrogen-bond donors (Lipinski definition) is 1. The van der Waals surface area contributed by atoms with Gasteiger partial charge in [0.05, 0.1) is 19.3 Å². The van der Waals surface area contributed by atoms with Crippen molar-refractivity contribution in [3.63, 3.8) is 0 Å². The molecule has 4 nitrogen and oxygen atoms in total. The Morgan fingerprint density at radius 1 is 1.18 bits per heavy atom. The van der Waals surface area contributed by atoms with E-state index in [2.05, 4.69) is 5.32 Å². The lowest BCUT2D eigenvalue weighted by Crippen LogP contribution is -2.50. The third-order valence-corrected chi connectivity index (χ3v) is 4.53. The summed E-state index contributed by atoms with van der Waals surface area (Å²) in [5.41, 5.74) is 0. The van der Waals surface area contributed by atoms with Crippen molar-refractivity contribution in [2.24, 2.45) is 5.92 Å². The maximum absolute atomic E-state index is 11.8. The summed E-state index contributed by atoms with van der Waals surface area (Å²) in [6.45, 7) is 0. The van der Waals surface area contributed by atoms with Crippen LogP contribution in [0.4, 0.5) is 0 Å². The van der Waals surface area contributed by atoms with Gasteiger partial charge in [0.2, 0.25) is 0 Å². The van der Waals surface area contributed by atoms with Gasteiger partial charge in [0.25, 0.3) is 0 Å². The molecule has 3 rings (SSSR count). The van der Waals surface area contributed by atoms with E-state index in [1.807, 2.05) is 0 Å². The summed E-state index contributed by atoms with van der Waals surface area (Å²) in [5.74, 6) is -0.188. The predicted molar refractivity (Wildman–Crippen MR) is 62.6 cm³/mol. The number of nitrogens with one attached hydrogen (secondary N) is 1. The summed E-state index contributed by atoms with van der Waals surface area (Å²) in [4.78, 5) is 11.8. The molecule has 1 N–H and O–H groups in total. The molecule has 1 saturated carbocycles. The molecule has 1 aliphatic carbocycles. The molecule has 2 saturated heterocycles. The molecule has 0 radical (unpaired) electrons. The molecular formula is C13H21NO3. The van der Waals surface area contributed by atoms with E-state index in [9.17, 15) is 4.79 Å². The summed E-state index contributed by atoms with van der Waals surface area (Å²) < 4.78 is 10.8. The van der Waals surface area contributed by atoms with Crippen LogP contribution in [0.3, 0.4) is 0 Å². The SMILES string of the molecule is COC(=O)C1C2CCC(O2)C1NC1CCCC1. The first-order valence-electron chi connectivity index (χ1n) is 6.79. The Morgan fingerprint density at radius 3 is 2.59 bits per heavy atom. The lowest BCUT2D eigenvalue weighted by atomic mass is 9.84. The number of carbonyl (C=O) groups excluding carboxylic acids is 1. The van der Waals surface area contributed by atoms with Gasteiger partial charge < -0.3 is 14.8 Å². The molecule has 0 amide bonds. The van der Waals surface area contributed by atoms with E-state index in [0.29, 0.717) is 6.04 Å². The van der Waals surface area contributed by atoms with Crippen molar-refractivity contribution >= 4 is 5.97 Å². The first-order valence-corrected chi connectivity index (χ1v) is 6.79. The van der Waals surface area contributed by atoms with Gasteiger partial charge in [-0.1, -0.05) is 12.8 Å². The smallest absolute Gasteiger partial charge is 0.313 e. The number of ether oxygens (including phenoxy) is 2. The fourth-order valence-corrected chi connectivity index (χ4v) is 3.69. The molecule has 4 unspecified atom stereocenters. The van der Waals surface area contributed by atoms with Crippen molar-refractivity contribution in [2.75, 3.05) is 7.11 Å². The van der Waals surface area contributed by atoms with Crippen LogP contribution < -0.4 is 5.32 Å². The number of methoxy groups -OCH3 is 1. The Labute approximate surface area is 102 Å². The Balaban J connectivity index is 1.69. The average Bonchev–Trinajstić information content (AvgIpc) is 3.03. The molecule has 4 heteroatoms. The summed E-state index contributed by atoms with van der Waals surface area (Å²) in [7, 11) is 1.47. The summed E-state index contributed by atoms with van der Waals surface area (Å²) in [6, 6.07) is 0.763. The number of rotatable bonds is 3. The molecular weight excluding hydrogens is 218 g/mol. The highest BCUT2D eigenvalue weighted by Crippen LogP contribution is 2.40. The summed E-state index contributed by atoms with van der Waals surface area (Å²) in [6.07, 6.45) is 7.50. The van der Waals surface area contributed by atoms with Crippen LogP contribution in [0.2, 0.25) is 0 Å². The van der Waals surface area contributed by atoms with Crippen LogP contribution in [0.5, 0.6) is 0 Å². The van der Waals surface area contributed by atoms with E-state index in [4.69, 9.17) is 9.47 Å². The van der Waals surface area contributed by atoms with Crippen LogP contribution >= 0.6 is 0 Å². The van der Waals surface area contributed by atoms with Gasteiger partial charge in [0.1, 0.15) is 5.92 Å². The van der Waals surface area contributed by atoms with Gasteiger partial charge in [-0.25, -0.2) is 0 Å². The van der Waals surface area contributed by atoms with Gasteiger partial charge in [-0.05, 0) is 25.7 Å². The molecule has 3 fully saturated rings. The largest absolute Gasteiger partial charge is 0.469 e. The highest BCUT2D eigenvalue weighted by Gasteiger charge is 2.53. The van der Waals surface area contributed by atoms with Gasteiger partial charge >= 0.3 is 5.97 Å². The van der Waals surface area contributed by atoms with E-state index in [0.717, 1.165) is 12.8 Å². The normalized spacial score (nSPS) is 41.0. The molecule has 4 atom stereocenters. The van der Waals surface area contributed by atoms with E-state index in [-0.39, 0.29) is 30.1 Å². The van der Waals surface area contributed by atoms with Crippen molar-refractivity contribution in [3.05, 3.63) is 0 Å². The van der Waals surface area contributed by atoms with E-state index < -0.39 is 0 Å². The van der Waals surface area contributed by atoms with Crippen LogP contribution in [0.15, 0.2) is 0 Å². The van der Waals surface area contributed by atoms with Crippen molar-refractivity contribution in [2.45, 2.75) is 62.8 Å². The van der Waals surface area contributed by atoms with E-state index >= 15 is 0 Å². The molecule has 0 aromatic heterocycles. The molecule has 0 aromatic carbocycles. The van der Waals surface area contributed by atoms with Crippen molar-refractivity contribution in [3.8, 4) is 0 Å². The van der Waals surface area contributed by atoms with Gasteiger partial charge in [-0.3, -0.25) is 4.79 Å². The van der Waals surface area contributed by atoms with Crippen LogP contribution in [0, 0.1) is 5.92 Å². The zero-order chi connectivity index (χ0) is 11.8. The van der Waals surface area contributed by atoms with Crippen molar-refractivity contribution in [1.82, 2.24) is 5.32 Å². The second-order valence-corrected chi connectivity index (χ2v) is 5.51. The number of esters is 1. The van der Waals surface area contributed by atoms with Gasteiger partial charge in [-0.2, -0.15) is 0 Å². The lowest BCUT2D eigenvalue weighted by molar-refractivity contribution is -0.147. The predicted octanol–water partition coefficient (Wildman–Crippen LogP) is 1.24. The standard InChI is InChI=1S/C13H21NO3/c1-16-13(15)11-9-6-7-10(17-9)12(11)14-8-4-2-3-5-8/h8-12,14H,2-7H2,1H3. The third-order valence-electron chi connectivity index (χ3n) is 4.53. The number of fused-ring (bicyclic) bond motifs is 2. The minimum Gasteiger partial charge on any atom is -0.469 e. The maximum atomic E-state index is 11.8. The van der Waals surface area contributed by atoms with Crippen LogP contribution in [-0.4, -0.2) is 37.4 Å². The third kappa shape index (κ3) is 1.97. The first-order chi connectivity index (χ1) is 8.29. The highest BCUT2D eigenvalue weighted by atomic mass is 16.5. The zero-order valence-electron chi connectivity index (χ0n) is 10.4. The van der Waals surface area contributed by atoms with Crippen molar-refractivity contribution < 1.29 is 14.3 Å². The monoisotopic (exact) mass is 239 g/mol. The van der Waals surface area contributed by atoms with Gasteiger partial charge in [0, 0.05) is 12.1 Å². The average molecular weight is 239 g/mol. The molecule has 3 aliphatic rings.